The van der Waals surface area contributed by atoms with Gasteiger partial charge in [0, 0.05) is 78.6 Å². The number of ether oxygens (including phenoxy) is 1. The first kappa shape index (κ1) is 20.2. The number of piperazine rings is 1. The van der Waals surface area contributed by atoms with E-state index in [0.717, 1.165) is 65.2 Å². The number of pyridine rings is 2. The van der Waals surface area contributed by atoms with Crippen LogP contribution in [0.25, 0.3) is 33.3 Å². The van der Waals surface area contributed by atoms with Gasteiger partial charge in [-0.2, -0.15) is 0 Å². The van der Waals surface area contributed by atoms with Gasteiger partial charge in [0.05, 0.1) is 12.7 Å². The molecule has 7 heteroatoms. The number of aromatic nitrogens is 3. The number of H-pyrrole nitrogens is 1. The van der Waals surface area contributed by atoms with Crippen molar-refractivity contribution in [3.8, 4) is 28.0 Å². The average Bonchev–Trinajstić information content (AvgIpc) is 3.27. The van der Waals surface area contributed by atoms with Crippen LogP contribution in [0.15, 0.2) is 61.2 Å². The SMILES string of the molecule is COc1ccccc1-c1c[nH]c2ncc(-c3cncc(C(=O)N4CCN(C)CC4)c3)cc12. The first-order valence-corrected chi connectivity index (χ1v) is 10.7. The maximum Gasteiger partial charge on any atom is 0.255 e. The monoisotopic (exact) mass is 427 g/mol. The minimum absolute atomic E-state index is 0.0258. The number of rotatable bonds is 4. The summed E-state index contributed by atoms with van der Waals surface area (Å²) in [7, 11) is 3.75. The fourth-order valence-electron chi connectivity index (χ4n) is 4.16. The number of aromatic amines is 1. The van der Waals surface area contributed by atoms with Gasteiger partial charge in [0.25, 0.3) is 5.91 Å². The van der Waals surface area contributed by atoms with Crippen LogP contribution >= 0.6 is 0 Å². The zero-order chi connectivity index (χ0) is 22.1. The van der Waals surface area contributed by atoms with Gasteiger partial charge in [0.2, 0.25) is 0 Å². The van der Waals surface area contributed by atoms with E-state index in [2.05, 4.69) is 33.0 Å². The van der Waals surface area contributed by atoms with Gasteiger partial charge in [0.15, 0.2) is 0 Å². The van der Waals surface area contributed by atoms with Crippen molar-refractivity contribution in [3.63, 3.8) is 0 Å². The maximum atomic E-state index is 13.0. The van der Waals surface area contributed by atoms with E-state index < -0.39 is 0 Å². The van der Waals surface area contributed by atoms with Crippen LogP contribution in [0, 0.1) is 0 Å². The van der Waals surface area contributed by atoms with E-state index in [4.69, 9.17) is 4.74 Å². The van der Waals surface area contributed by atoms with Gasteiger partial charge in [-0.3, -0.25) is 9.78 Å². The molecule has 1 N–H and O–H groups in total. The smallest absolute Gasteiger partial charge is 0.255 e. The number of nitrogens with one attached hydrogen (secondary N) is 1. The number of nitrogens with zero attached hydrogens (tertiary/aromatic N) is 4. The van der Waals surface area contributed by atoms with Gasteiger partial charge in [-0.05, 0) is 25.2 Å². The van der Waals surface area contributed by atoms with Crippen LogP contribution in [0.2, 0.25) is 0 Å². The van der Waals surface area contributed by atoms with Crippen LogP contribution in [0.5, 0.6) is 5.75 Å². The number of likely N-dealkylation sites (N-methyl/N-ethyl adjacent to an activating group) is 1. The highest BCUT2D eigenvalue weighted by atomic mass is 16.5. The van der Waals surface area contributed by atoms with Crippen molar-refractivity contribution in [1.29, 1.82) is 0 Å². The topological polar surface area (TPSA) is 74.3 Å². The molecule has 1 aliphatic heterocycles. The Bertz CT molecular complexity index is 1270. The molecule has 0 radical (unpaired) electrons. The molecule has 1 fully saturated rings. The van der Waals surface area contributed by atoms with E-state index in [1.807, 2.05) is 47.6 Å². The molecule has 0 bridgehead atoms. The van der Waals surface area contributed by atoms with Crippen LogP contribution in [0.4, 0.5) is 0 Å². The van der Waals surface area contributed by atoms with Crippen LogP contribution < -0.4 is 4.74 Å². The molecular weight excluding hydrogens is 402 g/mol. The van der Waals surface area contributed by atoms with Gasteiger partial charge < -0.3 is 19.5 Å². The molecule has 4 heterocycles. The first-order valence-electron chi connectivity index (χ1n) is 10.7. The number of carbonyl (C=O) groups is 1. The third-order valence-corrected chi connectivity index (χ3v) is 6.04. The van der Waals surface area contributed by atoms with E-state index in [1.165, 1.54) is 0 Å². The Morgan fingerprint density at radius 2 is 1.78 bits per heavy atom. The molecule has 0 spiro atoms. The Hall–Kier alpha value is -3.71. The predicted molar refractivity (Wildman–Crippen MR) is 125 cm³/mol. The van der Waals surface area contributed by atoms with E-state index in [-0.39, 0.29) is 5.91 Å². The van der Waals surface area contributed by atoms with Gasteiger partial charge in [-0.1, -0.05) is 18.2 Å². The lowest BCUT2D eigenvalue weighted by molar-refractivity contribution is 0.0663. The summed E-state index contributed by atoms with van der Waals surface area (Å²) in [6.07, 6.45) is 7.18. The number of hydrogen-bond acceptors (Lipinski definition) is 5. The quantitative estimate of drug-likeness (QED) is 0.538. The summed E-state index contributed by atoms with van der Waals surface area (Å²) in [5, 5.41) is 0.989. The summed E-state index contributed by atoms with van der Waals surface area (Å²) in [4.78, 5) is 29.3. The molecule has 1 aliphatic rings. The lowest BCUT2D eigenvalue weighted by Crippen LogP contribution is -2.47. The van der Waals surface area contributed by atoms with Crippen molar-refractivity contribution in [1.82, 2.24) is 24.8 Å². The van der Waals surface area contributed by atoms with E-state index in [1.54, 1.807) is 19.5 Å². The van der Waals surface area contributed by atoms with Crippen molar-refractivity contribution < 1.29 is 9.53 Å². The highest BCUT2D eigenvalue weighted by Crippen LogP contribution is 2.36. The predicted octanol–water partition coefficient (Wildman–Crippen LogP) is 3.69. The third-order valence-electron chi connectivity index (χ3n) is 6.04. The molecular formula is C25H25N5O2. The number of methoxy groups -OCH3 is 1. The highest BCUT2D eigenvalue weighted by Gasteiger charge is 2.21. The molecule has 1 aromatic carbocycles. The van der Waals surface area contributed by atoms with Crippen LogP contribution in [0.3, 0.4) is 0 Å². The number of para-hydroxylation sites is 1. The van der Waals surface area contributed by atoms with Crippen molar-refractivity contribution in [2.24, 2.45) is 0 Å². The summed E-state index contributed by atoms with van der Waals surface area (Å²) >= 11 is 0. The molecule has 1 saturated heterocycles. The highest BCUT2D eigenvalue weighted by molar-refractivity contribution is 5.98. The number of hydrogen-bond donors (Lipinski definition) is 1. The molecule has 0 saturated carbocycles. The molecule has 0 atom stereocenters. The molecule has 32 heavy (non-hydrogen) atoms. The number of fused-ring (bicyclic) bond motifs is 1. The number of amides is 1. The minimum atomic E-state index is 0.0258. The normalized spacial score (nSPS) is 14.6. The summed E-state index contributed by atoms with van der Waals surface area (Å²) in [5.41, 5.74) is 5.19. The molecule has 1 amide bonds. The molecule has 7 nitrogen and oxygen atoms in total. The van der Waals surface area contributed by atoms with Crippen molar-refractivity contribution in [2.75, 3.05) is 40.3 Å². The van der Waals surface area contributed by atoms with Crippen molar-refractivity contribution in [2.45, 2.75) is 0 Å². The third kappa shape index (κ3) is 3.71. The average molecular weight is 428 g/mol. The number of benzene rings is 1. The molecule has 0 unspecified atom stereocenters. The fraction of sp³-hybridized carbons (Fsp3) is 0.240. The van der Waals surface area contributed by atoms with E-state index in [9.17, 15) is 4.79 Å². The standard InChI is InChI=1S/C25H25N5O2/c1-29-7-9-30(10-8-29)25(31)19-11-17(13-26-14-19)18-12-21-22(16-28-24(21)27-15-18)20-5-3-4-6-23(20)32-2/h3-6,11-16H,7-10H2,1-2H3,(H,27,28). The van der Waals surface area contributed by atoms with Crippen molar-refractivity contribution in [3.05, 3.63) is 66.7 Å². The number of carbonyl (C=O) groups excluding carboxylic acids is 1. The van der Waals surface area contributed by atoms with Crippen molar-refractivity contribution >= 4 is 16.9 Å². The first-order chi connectivity index (χ1) is 15.6. The Balaban J connectivity index is 1.50. The summed E-state index contributed by atoms with van der Waals surface area (Å²) in [6, 6.07) is 11.9. The Kier molecular flexibility index (Phi) is 5.33. The Labute approximate surface area is 186 Å². The zero-order valence-electron chi connectivity index (χ0n) is 18.2. The Morgan fingerprint density at radius 3 is 2.59 bits per heavy atom. The second-order valence-corrected chi connectivity index (χ2v) is 8.08. The fourth-order valence-corrected chi connectivity index (χ4v) is 4.16. The zero-order valence-corrected chi connectivity index (χ0v) is 18.2. The minimum Gasteiger partial charge on any atom is -0.496 e. The summed E-state index contributed by atoms with van der Waals surface area (Å²) in [6.45, 7) is 3.24. The van der Waals surface area contributed by atoms with Gasteiger partial charge in [-0.15, -0.1) is 0 Å². The maximum absolute atomic E-state index is 13.0. The summed E-state index contributed by atoms with van der Waals surface area (Å²) < 4.78 is 5.55. The lowest BCUT2D eigenvalue weighted by Gasteiger charge is -2.32. The van der Waals surface area contributed by atoms with Gasteiger partial charge in [-0.25, -0.2) is 4.98 Å². The molecule has 0 aliphatic carbocycles. The molecule has 3 aromatic heterocycles. The van der Waals surface area contributed by atoms with E-state index >= 15 is 0 Å². The molecule has 162 valence electrons. The van der Waals surface area contributed by atoms with Gasteiger partial charge in [0.1, 0.15) is 11.4 Å². The molecule has 4 aromatic rings. The van der Waals surface area contributed by atoms with Crippen LogP contribution in [-0.2, 0) is 0 Å². The molecule has 5 rings (SSSR count). The van der Waals surface area contributed by atoms with Gasteiger partial charge >= 0.3 is 0 Å². The lowest BCUT2D eigenvalue weighted by atomic mass is 10.0. The summed E-state index contributed by atoms with van der Waals surface area (Å²) in [5.74, 6) is 0.832. The Morgan fingerprint density at radius 1 is 1.00 bits per heavy atom. The van der Waals surface area contributed by atoms with Crippen LogP contribution in [0.1, 0.15) is 10.4 Å². The largest absolute Gasteiger partial charge is 0.496 e. The van der Waals surface area contributed by atoms with Crippen LogP contribution in [-0.4, -0.2) is 71.0 Å². The second kappa shape index (κ2) is 8.43. The van der Waals surface area contributed by atoms with E-state index in [0.29, 0.717) is 5.56 Å². The second-order valence-electron chi connectivity index (χ2n) is 8.08.